The highest BCUT2D eigenvalue weighted by atomic mass is 19.1. The molecule has 0 bridgehead atoms. The van der Waals surface area contributed by atoms with E-state index in [1.807, 2.05) is 37.3 Å². The van der Waals surface area contributed by atoms with Crippen LogP contribution >= 0.6 is 0 Å². The smallest absolute Gasteiger partial charge is 0.260 e. The molecule has 0 saturated heterocycles. The molecule has 0 atom stereocenters. The van der Waals surface area contributed by atoms with Gasteiger partial charge in [-0.05, 0) is 37.6 Å². The van der Waals surface area contributed by atoms with Crippen molar-refractivity contribution in [2.45, 2.75) is 20.4 Å². The molecule has 0 unspecified atom stereocenters. The molecular formula is C22H23FN4O2. The van der Waals surface area contributed by atoms with Crippen molar-refractivity contribution in [2.24, 2.45) is 0 Å². The molecule has 3 rings (SSSR count). The third-order valence-corrected chi connectivity index (χ3v) is 4.21. The minimum Gasteiger partial charge on any atom is -0.467 e. The van der Waals surface area contributed by atoms with Gasteiger partial charge >= 0.3 is 0 Å². The number of hydrogen-bond donors (Lipinski definition) is 1. The van der Waals surface area contributed by atoms with Gasteiger partial charge in [0, 0.05) is 30.5 Å². The highest BCUT2D eigenvalue weighted by Crippen LogP contribution is 2.18. The Balaban J connectivity index is 1.63. The predicted molar refractivity (Wildman–Crippen MR) is 109 cm³/mol. The molecule has 1 heterocycles. The van der Waals surface area contributed by atoms with Gasteiger partial charge in [0.15, 0.2) is 6.61 Å². The number of anilines is 2. The van der Waals surface area contributed by atoms with Gasteiger partial charge in [0.05, 0.1) is 0 Å². The summed E-state index contributed by atoms with van der Waals surface area (Å²) >= 11 is 0. The molecule has 6 nitrogen and oxygen atoms in total. The van der Waals surface area contributed by atoms with Gasteiger partial charge in [-0.1, -0.05) is 36.4 Å². The van der Waals surface area contributed by atoms with E-state index in [-0.39, 0.29) is 30.2 Å². The fourth-order valence-corrected chi connectivity index (χ4v) is 2.77. The maximum atomic E-state index is 13.4. The first kappa shape index (κ1) is 20.3. The van der Waals surface area contributed by atoms with Gasteiger partial charge in [-0.3, -0.25) is 4.79 Å². The van der Waals surface area contributed by atoms with E-state index in [9.17, 15) is 9.18 Å². The van der Waals surface area contributed by atoms with Crippen molar-refractivity contribution in [3.8, 4) is 5.88 Å². The number of rotatable bonds is 8. The van der Waals surface area contributed by atoms with Crippen LogP contribution in [0.5, 0.6) is 5.88 Å². The number of carbonyl (C=O) groups is 1. The number of benzene rings is 2. The van der Waals surface area contributed by atoms with Crippen LogP contribution in [0.1, 0.15) is 18.2 Å². The summed E-state index contributed by atoms with van der Waals surface area (Å²) in [5, 5.41) is 2.94. The first-order valence-corrected chi connectivity index (χ1v) is 9.36. The first-order valence-electron chi connectivity index (χ1n) is 9.36. The Morgan fingerprint density at radius 3 is 2.62 bits per heavy atom. The summed E-state index contributed by atoms with van der Waals surface area (Å²) in [5.74, 6) is 0.0604. The average molecular weight is 394 g/mol. The van der Waals surface area contributed by atoms with E-state index in [1.54, 1.807) is 30.0 Å². The van der Waals surface area contributed by atoms with E-state index in [0.29, 0.717) is 24.5 Å². The van der Waals surface area contributed by atoms with E-state index in [1.165, 1.54) is 12.1 Å². The molecule has 0 aliphatic heterocycles. The van der Waals surface area contributed by atoms with Crippen molar-refractivity contribution in [2.75, 3.05) is 18.5 Å². The lowest BCUT2D eigenvalue weighted by Crippen LogP contribution is -2.34. The van der Waals surface area contributed by atoms with E-state index in [0.717, 1.165) is 5.56 Å². The lowest BCUT2D eigenvalue weighted by Gasteiger charge is -2.21. The molecule has 29 heavy (non-hydrogen) atoms. The Hall–Kier alpha value is -3.48. The zero-order valence-corrected chi connectivity index (χ0v) is 16.4. The number of amides is 1. The molecule has 0 aliphatic rings. The molecule has 0 saturated carbocycles. The second-order valence-corrected chi connectivity index (χ2v) is 6.49. The monoisotopic (exact) mass is 394 g/mol. The fraction of sp³-hybridized carbons (Fsp3) is 0.227. The van der Waals surface area contributed by atoms with Crippen molar-refractivity contribution in [1.82, 2.24) is 14.9 Å². The number of aryl methyl sites for hydroxylation is 1. The minimum absolute atomic E-state index is 0.128. The predicted octanol–water partition coefficient (Wildman–Crippen LogP) is 4.10. The Kier molecular flexibility index (Phi) is 6.73. The summed E-state index contributed by atoms with van der Waals surface area (Å²) in [6.07, 6.45) is 0. The summed E-state index contributed by atoms with van der Waals surface area (Å²) in [6, 6.07) is 17.5. The summed E-state index contributed by atoms with van der Waals surface area (Å²) in [4.78, 5) is 22.8. The normalized spacial score (nSPS) is 10.4. The van der Waals surface area contributed by atoms with Crippen LogP contribution in [0.2, 0.25) is 0 Å². The van der Waals surface area contributed by atoms with Crippen LogP contribution in [0, 0.1) is 12.7 Å². The molecule has 2 aromatic carbocycles. The first-order chi connectivity index (χ1) is 14.0. The van der Waals surface area contributed by atoms with Gasteiger partial charge in [0.2, 0.25) is 11.8 Å². The third-order valence-electron chi connectivity index (χ3n) is 4.21. The maximum absolute atomic E-state index is 13.4. The molecule has 0 aliphatic carbocycles. The van der Waals surface area contributed by atoms with E-state index < -0.39 is 0 Å². The maximum Gasteiger partial charge on any atom is 0.260 e. The Morgan fingerprint density at radius 1 is 1.10 bits per heavy atom. The van der Waals surface area contributed by atoms with Crippen molar-refractivity contribution >= 4 is 17.5 Å². The number of aromatic nitrogens is 2. The second-order valence-electron chi connectivity index (χ2n) is 6.49. The highest BCUT2D eigenvalue weighted by Gasteiger charge is 2.14. The van der Waals surface area contributed by atoms with E-state index in [2.05, 4.69) is 15.3 Å². The van der Waals surface area contributed by atoms with Crippen molar-refractivity contribution in [1.29, 1.82) is 0 Å². The quantitative estimate of drug-likeness (QED) is 0.623. The van der Waals surface area contributed by atoms with Crippen molar-refractivity contribution < 1.29 is 13.9 Å². The SMILES string of the molecule is CCN(Cc1ccccc1)C(=O)COc1cc(C)nc(Nc2cccc(F)c2)n1. The molecule has 0 radical (unpaired) electrons. The minimum atomic E-state index is -0.359. The summed E-state index contributed by atoms with van der Waals surface area (Å²) < 4.78 is 19.0. The number of carbonyl (C=O) groups excluding carboxylic acids is 1. The number of ether oxygens (including phenoxy) is 1. The Labute approximate surface area is 169 Å². The van der Waals surface area contributed by atoms with Gasteiger partial charge < -0.3 is 15.0 Å². The van der Waals surface area contributed by atoms with Crippen LogP contribution in [0.25, 0.3) is 0 Å². The van der Waals surface area contributed by atoms with E-state index in [4.69, 9.17) is 4.74 Å². The van der Waals surface area contributed by atoms with Crippen LogP contribution in [0.15, 0.2) is 60.7 Å². The van der Waals surface area contributed by atoms with Gasteiger partial charge in [-0.25, -0.2) is 9.37 Å². The number of nitrogens with zero attached hydrogens (tertiary/aromatic N) is 3. The number of halogens is 1. The topological polar surface area (TPSA) is 67.4 Å². The van der Waals surface area contributed by atoms with Crippen molar-refractivity contribution in [3.05, 3.63) is 77.7 Å². The van der Waals surface area contributed by atoms with Crippen LogP contribution in [0.3, 0.4) is 0 Å². The molecule has 1 amide bonds. The summed E-state index contributed by atoms with van der Waals surface area (Å²) in [5.41, 5.74) is 2.25. The van der Waals surface area contributed by atoms with Crippen LogP contribution in [0.4, 0.5) is 16.0 Å². The molecule has 1 N–H and O–H groups in total. The summed E-state index contributed by atoms with van der Waals surface area (Å²) in [7, 11) is 0. The second kappa shape index (κ2) is 9.64. The van der Waals surface area contributed by atoms with Crippen LogP contribution in [-0.2, 0) is 11.3 Å². The summed E-state index contributed by atoms with van der Waals surface area (Å²) in [6.45, 7) is 4.69. The largest absolute Gasteiger partial charge is 0.467 e. The molecule has 3 aromatic rings. The standard InChI is InChI=1S/C22H23FN4O2/c1-3-27(14-17-8-5-4-6-9-17)21(28)15-29-20-12-16(2)24-22(26-20)25-19-11-7-10-18(23)13-19/h4-13H,3,14-15H2,1-2H3,(H,24,25,26). The van der Waals surface area contributed by atoms with Gasteiger partial charge in [0.25, 0.3) is 5.91 Å². The Bertz CT molecular complexity index is 966. The van der Waals surface area contributed by atoms with Crippen LogP contribution in [-0.4, -0.2) is 33.9 Å². The number of hydrogen-bond acceptors (Lipinski definition) is 5. The van der Waals surface area contributed by atoms with Gasteiger partial charge in [0.1, 0.15) is 5.82 Å². The number of likely N-dealkylation sites (N-methyl/N-ethyl adjacent to an activating group) is 1. The fourth-order valence-electron chi connectivity index (χ4n) is 2.77. The van der Waals surface area contributed by atoms with Crippen LogP contribution < -0.4 is 10.1 Å². The van der Waals surface area contributed by atoms with Gasteiger partial charge in [-0.15, -0.1) is 0 Å². The molecule has 150 valence electrons. The lowest BCUT2D eigenvalue weighted by molar-refractivity contribution is -0.133. The molecule has 0 spiro atoms. The lowest BCUT2D eigenvalue weighted by atomic mass is 10.2. The third kappa shape index (κ3) is 6.00. The highest BCUT2D eigenvalue weighted by molar-refractivity contribution is 5.77. The molecule has 1 aromatic heterocycles. The van der Waals surface area contributed by atoms with Gasteiger partial charge in [-0.2, -0.15) is 4.98 Å². The average Bonchev–Trinajstić information content (AvgIpc) is 2.70. The molecule has 7 heteroatoms. The number of nitrogens with one attached hydrogen (secondary N) is 1. The zero-order chi connectivity index (χ0) is 20.6. The van der Waals surface area contributed by atoms with Crippen molar-refractivity contribution in [3.63, 3.8) is 0 Å². The Morgan fingerprint density at radius 2 is 1.90 bits per heavy atom. The zero-order valence-electron chi connectivity index (χ0n) is 16.4. The molecular weight excluding hydrogens is 371 g/mol. The van der Waals surface area contributed by atoms with E-state index >= 15 is 0 Å². The molecule has 0 fully saturated rings.